The van der Waals surface area contributed by atoms with Crippen molar-refractivity contribution >= 4 is 5.95 Å². The van der Waals surface area contributed by atoms with Gasteiger partial charge in [0, 0.05) is 0 Å². The van der Waals surface area contributed by atoms with Crippen LogP contribution in [0.1, 0.15) is 0 Å². The molecule has 6 nitrogen and oxygen atoms in total. The molecule has 1 aromatic carbocycles. The van der Waals surface area contributed by atoms with Gasteiger partial charge in [-0.15, -0.1) is 0 Å². The second kappa shape index (κ2) is 4.01. The van der Waals surface area contributed by atoms with Crippen molar-refractivity contribution < 1.29 is 9.84 Å². The number of hydrogen-bond acceptors (Lipinski definition) is 6. The molecule has 6 heteroatoms. The number of anilines is 1. The Morgan fingerprint density at radius 3 is 2.62 bits per heavy atom. The summed E-state index contributed by atoms with van der Waals surface area (Å²) in [7, 11) is 1.43. The lowest BCUT2D eigenvalue weighted by Gasteiger charge is -2.04. The minimum absolute atomic E-state index is 0.0464. The summed E-state index contributed by atoms with van der Waals surface area (Å²) in [5.41, 5.74) is 5.98. The van der Waals surface area contributed by atoms with Gasteiger partial charge in [-0.05, 0) is 12.1 Å². The predicted molar refractivity (Wildman–Crippen MR) is 57.9 cm³/mol. The predicted octanol–water partition coefficient (Wildman–Crippen LogP) is 0.835. The summed E-state index contributed by atoms with van der Waals surface area (Å²) in [6.45, 7) is 0. The van der Waals surface area contributed by atoms with E-state index < -0.39 is 0 Å². The van der Waals surface area contributed by atoms with E-state index in [9.17, 15) is 5.11 Å². The minimum Gasteiger partial charge on any atom is -0.507 e. The molecule has 0 spiro atoms. The van der Waals surface area contributed by atoms with Crippen LogP contribution in [0.5, 0.6) is 11.8 Å². The first-order valence-electron chi connectivity index (χ1n) is 4.54. The number of phenolic OH excluding ortho intramolecular Hbond substituents is 1. The van der Waals surface area contributed by atoms with E-state index in [2.05, 4.69) is 15.0 Å². The van der Waals surface area contributed by atoms with Gasteiger partial charge in [-0.2, -0.15) is 15.0 Å². The molecule has 82 valence electrons. The first-order valence-corrected chi connectivity index (χ1v) is 4.54. The Hall–Kier alpha value is -2.37. The highest BCUT2D eigenvalue weighted by Gasteiger charge is 2.10. The third-order valence-corrected chi connectivity index (χ3v) is 1.96. The van der Waals surface area contributed by atoms with Gasteiger partial charge in [-0.25, -0.2) is 0 Å². The van der Waals surface area contributed by atoms with E-state index >= 15 is 0 Å². The summed E-state index contributed by atoms with van der Waals surface area (Å²) in [4.78, 5) is 11.7. The summed E-state index contributed by atoms with van der Waals surface area (Å²) < 4.78 is 4.87. The second-order valence-corrected chi connectivity index (χ2v) is 3.02. The number of nitrogen functional groups attached to an aromatic ring is 1. The molecule has 0 aliphatic rings. The van der Waals surface area contributed by atoms with Crippen molar-refractivity contribution in [3.05, 3.63) is 24.3 Å². The van der Waals surface area contributed by atoms with Gasteiger partial charge in [0.05, 0.1) is 12.7 Å². The molecule has 0 unspecified atom stereocenters. The average Bonchev–Trinajstić information content (AvgIpc) is 2.28. The van der Waals surface area contributed by atoms with E-state index in [1.54, 1.807) is 24.3 Å². The maximum absolute atomic E-state index is 9.64. The van der Waals surface area contributed by atoms with Crippen LogP contribution < -0.4 is 10.5 Å². The average molecular weight is 218 g/mol. The number of para-hydroxylation sites is 1. The molecule has 2 rings (SSSR count). The second-order valence-electron chi connectivity index (χ2n) is 3.02. The number of phenols is 1. The number of aromatic nitrogens is 3. The lowest BCUT2D eigenvalue weighted by molar-refractivity contribution is 0.379. The van der Waals surface area contributed by atoms with Gasteiger partial charge in [0.1, 0.15) is 5.75 Å². The Bertz CT molecular complexity index is 516. The van der Waals surface area contributed by atoms with Gasteiger partial charge in [0.25, 0.3) is 0 Å². The van der Waals surface area contributed by atoms with Crippen LogP contribution >= 0.6 is 0 Å². The zero-order valence-electron chi connectivity index (χ0n) is 8.58. The highest BCUT2D eigenvalue weighted by molar-refractivity contribution is 5.64. The van der Waals surface area contributed by atoms with Gasteiger partial charge >= 0.3 is 6.01 Å². The third-order valence-electron chi connectivity index (χ3n) is 1.96. The van der Waals surface area contributed by atoms with Crippen molar-refractivity contribution in [1.29, 1.82) is 0 Å². The molecule has 0 bridgehead atoms. The molecule has 0 atom stereocenters. The Morgan fingerprint density at radius 2 is 1.94 bits per heavy atom. The summed E-state index contributed by atoms with van der Waals surface area (Å²) in [5.74, 6) is 0.405. The number of aromatic hydroxyl groups is 1. The first kappa shape index (κ1) is 10.2. The Balaban J connectivity index is 2.56. The number of rotatable bonds is 2. The molecule has 0 aliphatic carbocycles. The largest absolute Gasteiger partial charge is 0.507 e. The van der Waals surface area contributed by atoms with Crippen LogP contribution in [-0.4, -0.2) is 27.2 Å². The fourth-order valence-electron chi connectivity index (χ4n) is 1.25. The molecule has 0 fully saturated rings. The summed E-state index contributed by atoms with van der Waals surface area (Å²) in [6.07, 6.45) is 0. The Labute approximate surface area is 91.8 Å². The lowest BCUT2D eigenvalue weighted by atomic mass is 10.2. The summed E-state index contributed by atoms with van der Waals surface area (Å²) >= 11 is 0. The monoisotopic (exact) mass is 218 g/mol. The number of benzene rings is 1. The Morgan fingerprint density at radius 1 is 1.19 bits per heavy atom. The minimum atomic E-state index is 0.0464. The van der Waals surface area contributed by atoms with Gasteiger partial charge in [-0.1, -0.05) is 12.1 Å². The highest BCUT2D eigenvalue weighted by atomic mass is 16.5. The summed E-state index contributed by atoms with van der Waals surface area (Å²) in [6, 6.07) is 6.82. The number of nitrogens with two attached hydrogens (primary N) is 1. The molecule has 2 aromatic rings. The first-order chi connectivity index (χ1) is 7.70. The molecule has 1 heterocycles. The molecule has 3 N–H and O–H groups in total. The van der Waals surface area contributed by atoms with Crippen LogP contribution in [0.4, 0.5) is 5.95 Å². The molecule has 0 amide bonds. The topological polar surface area (TPSA) is 94.2 Å². The lowest BCUT2D eigenvalue weighted by Crippen LogP contribution is -2.02. The van der Waals surface area contributed by atoms with Crippen LogP contribution in [0.3, 0.4) is 0 Å². The maximum Gasteiger partial charge on any atom is 0.321 e. The maximum atomic E-state index is 9.64. The molecular weight excluding hydrogens is 208 g/mol. The smallest absolute Gasteiger partial charge is 0.321 e. The van der Waals surface area contributed by atoms with Gasteiger partial charge in [-0.3, -0.25) is 0 Å². The van der Waals surface area contributed by atoms with Crippen LogP contribution in [0.2, 0.25) is 0 Å². The molecule has 0 aliphatic heterocycles. The SMILES string of the molecule is COc1nc(N)nc(-c2ccccc2O)n1. The van der Waals surface area contributed by atoms with E-state index in [-0.39, 0.29) is 23.5 Å². The van der Waals surface area contributed by atoms with Crippen molar-refractivity contribution in [2.45, 2.75) is 0 Å². The number of hydrogen-bond donors (Lipinski definition) is 2. The van der Waals surface area contributed by atoms with Crippen molar-refractivity contribution in [1.82, 2.24) is 15.0 Å². The normalized spacial score (nSPS) is 10.1. The zero-order valence-corrected chi connectivity index (χ0v) is 8.58. The van der Waals surface area contributed by atoms with Crippen molar-refractivity contribution in [3.63, 3.8) is 0 Å². The van der Waals surface area contributed by atoms with E-state index in [0.29, 0.717) is 5.56 Å². The molecule has 0 radical (unpaired) electrons. The van der Waals surface area contributed by atoms with Crippen molar-refractivity contribution in [2.75, 3.05) is 12.8 Å². The van der Waals surface area contributed by atoms with Crippen LogP contribution in [-0.2, 0) is 0 Å². The molecule has 0 saturated carbocycles. The van der Waals surface area contributed by atoms with E-state index in [1.165, 1.54) is 7.11 Å². The van der Waals surface area contributed by atoms with Crippen LogP contribution in [0.15, 0.2) is 24.3 Å². The quantitative estimate of drug-likeness (QED) is 0.775. The number of methoxy groups -OCH3 is 1. The fraction of sp³-hybridized carbons (Fsp3) is 0.100. The van der Waals surface area contributed by atoms with E-state index in [4.69, 9.17) is 10.5 Å². The number of ether oxygens (including phenoxy) is 1. The number of nitrogens with zero attached hydrogens (tertiary/aromatic N) is 3. The van der Waals surface area contributed by atoms with Crippen LogP contribution in [0, 0.1) is 0 Å². The standard InChI is InChI=1S/C10H10N4O2/c1-16-10-13-8(12-9(11)14-10)6-4-2-3-5-7(6)15/h2-5,15H,1H3,(H2,11,12,13,14). The van der Waals surface area contributed by atoms with E-state index in [0.717, 1.165) is 0 Å². The van der Waals surface area contributed by atoms with Gasteiger partial charge in [0.15, 0.2) is 5.82 Å². The molecule has 16 heavy (non-hydrogen) atoms. The zero-order chi connectivity index (χ0) is 11.5. The highest BCUT2D eigenvalue weighted by Crippen LogP contribution is 2.26. The van der Waals surface area contributed by atoms with E-state index in [1.807, 2.05) is 0 Å². The van der Waals surface area contributed by atoms with Gasteiger partial charge in [0.2, 0.25) is 5.95 Å². The molecule has 1 aromatic heterocycles. The Kier molecular flexibility index (Phi) is 2.55. The van der Waals surface area contributed by atoms with Crippen molar-refractivity contribution in [3.8, 4) is 23.1 Å². The van der Waals surface area contributed by atoms with Gasteiger partial charge < -0.3 is 15.6 Å². The molecular formula is C10H10N4O2. The summed E-state index contributed by atoms with van der Waals surface area (Å²) in [5, 5.41) is 9.64. The van der Waals surface area contributed by atoms with Crippen molar-refractivity contribution in [2.24, 2.45) is 0 Å². The van der Waals surface area contributed by atoms with Crippen LogP contribution in [0.25, 0.3) is 11.4 Å². The molecule has 0 saturated heterocycles. The third kappa shape index (κ3) is 1.85. The fourth-order valence-corrected chi connectivity index (χ4v) is 1.25.